The minimum atomic E-state index is -2.89. The van der Waals surface area contributed by atoms with Gasteiger partial charge in [0.15, 0.2) is 0 Å². The van der Waals surface area contributed by atoms with Crippen molar-refractivity contribution in [2.75, 3.05) is 5.32 Å². The van der Waals surface area contributed by atoms with Crippen LogP contribution in [0.15, 0.2) is 46.9 Å². The molecule has 112 valence electrons. The maximum atomic E-state index is 12.2. The summed E-state index contributed by atoms with van der Waals surface area (Å²) in [6, 6.07) is 12.5. The molecule has 1 atom stereocenters. The number of halogens is 4. The molecule has 1 N–H and O–H groups in total. The van der Waals surface area contributed by atoms with Gasteiger partial charge in [0, 0.05) is 16.2 Å². The number of rotatable bonds is 5. The molecule has 0 aliphatic heterocycles. The van der Waals surface area contributed by atoms with E-state index >= 15 is 0 Å². The lowest BCUT2D eigenvalue weighted by Gasteiger charge is -2.18. The molecule has 0 spiro atoms. The first-order chi connectivity index (χ1) is 9.97. The summed E-state index contributed by atoms with van der Waals surface area (Å²) in [6.07, 6.45) is 0. The Labute approximate surface area is 135 Å². The van der Waals surface area contributed by atoms with Crippen LogP contribution >= 0.6 is 27.5 Å². The van der Waals surface area contributed by atoms with E-state index in [4.69, 9.17) is 11.6 Å². The molecule has 2 nitrogen and oxygen atoms in total. The quantitative estimate of drug-likeness (QED) is 0.704. The smallest absolute Gasteiger partial charge is 0.387 e. The average Bonchev–Trinajstić information content (AvgIpc) is 2.42. The molecule has 2 rings (SSSR count). The number of benzene rings is 2. The second kappa shape index (κ2) is 7.09. The number of anilines is 1. The monoisotopic (exact) mass is 375 g/mol. The van der Waals surface area contributed by atoms with Crippen molar-refractivity contribution in [1.82, 2.24) is 0 Å². The molecule has 6 heteroatoms. The summed E-state index contributed by atoms with van der Waals surface area (Å²) in [7, 11) is 0. The van der Waals surface area contributed by atoms with Gasteiger partial charge < -0.3 is 10.1 Å². The summed E-state index contributed by atoms with van der Waals surface area (Å²) in [6.45, 7) is -0.891. The van der Waals surface area contributed by atoms with Crippen LogP contribution in [0.3, 0.4) is 0 Å². The van der Waals surface area contributed by atoms with Crippen molar-refractivity contribution in [3.8, 4) is 5.75 Å². The summed E-state index contributed by atoms with van der Waals surface area (Å²) in [4.78, 5) is 0. The Balaban J connectivity index is 2.13. The summed E-state index contributed by atoms with van der Waals surface area (Å²) < 4.78 is 29.7. The fourth-order valence-corrected chi connectivity index (χ4v) is 2.79. The van der Waals surface area contributed by atoms with Crippen molar-refractivity contribution < 1.29 is 13.5 Å². The van der Waals surface area contributed by atoms with E-state index in [2.05, 4.69) is 26.0 Å². The van der Waals surface area contributed by atoms with Gasteiger partial charge in [0.1, 0.15) is 5.75 Å². The Bertz CT molecular complexity index is 624. The molecule has 0 radical (unpaired) electrons. The number of alkyl halides is 2. The molecule has 0 amide bonds. The SMILES string of the molecule is CC(Nc1ccc(OC(F)F)c(Cl)c1)c1ccccc1Br. The van der Waals surface area contributed by atoms with Crippen molar-refractivity contribution in [3.05, 3.63) is 57.5 Å². The first kappa shape index (κ1) is 16.0. The maximum absolute atomic E-state index is 12.2. The summed E-state index contributed by atoms with van der Waals surface area (Å²) in [5.74, 6) is -0.0363. The normalized spacial score (nSPS) is 12.3. The third-order valence-corrected chi connectivity index (χ3v) is 3.92. The van der Waals surface area contributed by atoms with E-state index in [0.717, 1.165) is 15.7 Å². The van der Waals surface area contributed by atoms with Crippen molar-refractivity contribution in [2.24, 2.45) is 0 Å². The minimum Gasteiger partial charge on any atom is -0.433 e. The average molecular weight is 377 g/mol. The van der Waals surface area contributed by atoms with Crippen LogP contribution in [-0.4, -0.2) is 6.61 Å². The molecule has 2 aromatic rings. The number of hydrogen-bond acceptors (Lipinski definition) is 2. The fraction of sp³-hybridized carbons (Fsp3) is 0.200. The van der Waals surface area contributed by atoms with E-state index < -0.39 is 6.61 Å². The summed E-state index contributed by atoms with van der Waals surface area (Å²) in [5, 5.41) is 3.40. The highest BCUT2D eigenvalue weighted by Crippen LogP contribution is 2.31. The zero-order valence-corrected chi connectivity index (χ0v) is 13.5. The second-order valence-electron chi connectivity index (χ2n) is 4.41. The lowest BCUT2D eigenvalue weighted by molar-refractivity contribution is -0.0497. The van der Waals surface area contributed by atoms with Gasteiger partial charge in [-0.25, -0.2) is 0 Å². The van der Waals surface area contributed by atoms with Gasteiger partial charge >= 0.3 is 6.61 Å². The molecule has 21 heavy (non-hydrogen) atoms. The molecule has 0 saturated carbocycles. The lowest BCUT2D eigenvalue weighted by Crippen LogP contribution is -2.07. The molecular weight excluding hydrogens is 364 g/mol. The summed E-state index contributed by atoms with van der Waals surface area (Å²) in [5.41, 5.74) is 1.81. The summed E-state index contributed by atoms with van der Waals surface area (Å²) >= 11 is 9.42. The molecule has 0 heterocycles. The van der Waals surface area contributed by atoms with Crippen LogP contribution in [0.1, 0.15) is 18.5 Å². The van der Waals surface area contributed by atoms with Gasteiger partial charge in [0.05, 0.1) is 5.02 Å². The molecule has 0 aliphatic carbocycles. The van der Waals surface area contributed by atoms with Crippen molar-refractivity contribution in [3.63, 3.8) is 0 Å². The molecule has 2 aromatic carbocycles. The maximum Gasteiger partial charge on any atom is 0.387 e. The minimum absolute atomic E-state index is 0.0264. The second-order valence-corrected chi connectivity index (χ2v) is 5.67. The van der Waals surface area contributed by atoms with Crippen LogP contribution in [0.25, 0.3) is 0 Å². The van der Waals surface area contributed by atoms with Crippen molar-refractivity contribution in [1.29, 1.82) is 0 Å². The first-order valence-electron chi connectivity index (χ1n) is 6.22. The fourth-order valence-electron chi connectivity index (χ4n) is 1.94. The number of ether oxygens (including phenoxy) is 1. The van der Waals surface area contributed by atoms with E-state index in [-0.39, 0.29) is 16.8 Å². The van der Waals surface area contributed by atoms with Crippen LogP contribution in [0.5, 0.6) is 5.75 Å². The van der Waals surface area contributed by atoms with E-state index in [1.54, 1.807) is 12.1 Å². The van der Waals surface area contributed by atoms with E-state index in [1.165, 1.54) is 6.07 Å². The molecule has 0 aromatic heterocycles. The van der Waals surface area contributed by atoms with Crippen LogP contribution in [0.2, 0.25) is 5.02 Å². The third kappa shape index (κ3) is 4.32. The van der Waals surface area contributed by atoms with E-state index in [9.17, 15) is 8.78 Å². The van der Waals surface area contributed by atoms with E-state index in [1.807, 2.05) is 31.2 Å². The molecule has 1 unspecified atom stereocenters. The Hall–Kier alpha value is -1.33. The molecule has 0 fully saturated rings. The standard InChI is InChI=1S/C15H13BrClF2NO/c1-9(11-4-2-3-5-12(11)16)20-10-6-7-14(13(17)8-10)21-15(18)19/h2-9,15,20H,1H3. The van der Waals surface area contributed by atoms with Gasteiger partial charge in [-0.1, -0.05) is 45.7 Å². The van der Waals surface area contributed by atoms with Gasteiger partial charge in [-0.05, 0) is 36.8 Å². The zero-order valence-electron chi connectivity index (χ0n) is 11.1. The Morgan fingerprint density at radius 3 is 2.52 bits per heavy atom. The lowest BCUT2D eigenvalue weighted by atomic mass is 10.1. The van der Waals surface area contributed by atoms with E-state index in [0.29, 0.717) is 0 Å². The van der Waals surface area contributed by atoms with Crippen LogP contribution in [-0.2, 0) is 0 Å². The molecule has 0 aliphatic rings. The highest BCUT2D eigenvalue weighted by molar-refractivity contribution is 9.10. The molecule has 0 bridgehead atoms. The Morgan fingerprint density at radius 1 is 1.19 bits per heavy atom. The molecular formula is C15H13BrClF2NO. The third-order valence-electron chi connectivity index (χ3n) is 2.90. The van der Waals surface area contributed by atoms with Gasteiger partial charge in [-0.15, -0.1) is 0 Å². The Morgan fingerprint density at radius 2 is 1.90 bits per heavy atom. The molecule has 0 saturated heterocycles. The van der Waals surface area contributed by atoms with Crippen LogP contribution in [0.4, 0.5) is 14.5 Å². The van der Waals surface area contributed by atoms with Crippen LogP contribution < -0.4 is 10.1 Å². The van der Waals surface area contributed by atoms with Crippen molar-refractivity contribution in [2.45, 2.75) is 19.6 Å². The predicted octanol–water partition coefficient (Wildman–Crippen LogP) is 5.88. The van der Waals surface area contributed by atoms with Crippen LogP contribution in [0, 0.1) is 0 Å². The van der Waals surface area contributed by atoms with Gasteiger partial charge in [-0.2, -0.15) is 8.78 Å². The largest absolute Gasteiger partial charge is 0.433 e. The Kier molecular flexibility index (Phi) is 5.42. The van der Waals surface area contributed by atoms with Gasteiger partial charge in [-0.3, -0.25) is 0 Å². The first-order valence-corrected chi connectivity index (χ1v) is 7.40. The number of hydrogen-bond donors (Lipinski definition) is 1. The zero-order chi connectivity index (χ0) is 15.4. The van der Waals surface area contributed by atoms with Gasteiger partial charge in [0.2, 0.25) is 0 Å². The topological polar surface area (TPSA) is 21.3 Å². The van der Waals surface area contributed by atoms with Gasteiger partial charge in [0.25, 0.3) is 0 Å². The predicted molar refractivity (Wildman–Crippen MR) is 84.3 cm³/mol. The van der Waals surface area contributed by atoms with Crippen molar-refractivity contribution >= 4 is 33.2 Å². The highest BCUT2D eigenvalue weighted by atomic mass is 79.9. The highest BCUT2D eigenvalue weighted by Gasteiger charge is 2.12. The number of nitrogens with one attached hydrogen (secondary N) is 1.